The molecule has 8 nitrogen and oxygen atoms in total. The number of hydrogen-bond donors (Lipinski definition) is 2. The van der Waals surface area contributed by atoms with E-state index in [4.69, 9.17) is 14.6 Å². The molecule has 0 amide bonds. The molecule has 1 fully saturated rings. The predicted molar refractivity (Wildman–Crippen MR) is 95.6 cm³/mol. The molecule has 26 heavy (non-hydrogen) atoms. The molecule has 0 bridgehead atoms. The second-order valence-corrected chi connectivity index (χ2v) is 8.54. The van der Waals surface area contributed by atoms with Gasteiger partial charge in [0.2, 0.25) is 0 Å². The molecule has 0 spiro atoms. The Morgan fingerprint density at radius 1 is 1.31 bits per heavy atom. The van der Waals surface area contributed by atoms with E-state index >= 15 is 0 Å². The normalized spacial score (nSPS) is 20.1. The zero-order valence-electron chi connectivity index (χ0n) is 14.9. The van der Waals surface area contributed by atoms with Gasteiger partial charge in [0.1, 0.15) is 0 Å². The number of aliphatic hydroxyl groups is 2. The van der Waals surface area contributed by atoms with E-state index in [-0.39, 0.29) is 36.4 Å². The van der Waals surface area contributed by atoms with Crippen LogP contribution in [0.1, 0.15) is 16.8 Å². The summed E-state index contributed by atoms with van der Waals surface area (Å²) in [7, 11) is -0.167. The van der Waals surface area contributed by atoms with Gasteiger partial charge in [-0.2, -0.15) is 0 Å². The van der Waals surface area contributed by atoms with Crippen molar-refractivity contribution in [3.8, 4) is 11.5 Å². The standard InChI is InChI=1S/C17H25NO7S/c1-24-16-4-3-12(7-17(16)25-2)15(21)9-18(8-14(20)10-19)13-5-6-26(22,23)11-13/h3-4,7,13-14,19-20H,5-6,8-11H2,1-2H3/t13-,14-/m1/s1. The van der Waals surface area contributed by atoms with Crippen LogP contribution in [0, 0.1) is 0 Å². The number of rotatable bonds is 9. The predicted octanol–water partition coefficient (Wildman–Crippen LogP) is -0.271. The second kappa shape index (κ2) is 8.81. The van der Waals surface area contributed by atoms with Gasteiger partial charge in [-0.3, -0.25) is 9.69 Å². The van der Waals surface area contributed by atoms with Crippen molar-refractivity contribution in [2.45, 2.75) is 18.6 Å². The summed E-state index contributed by atoms with van der Waals surface area (Å²) in [5.41, 5.74) is 0.395. The average molecular weight is 387 g/mol. The molecule has 146 valence electrons. The van der Waals surface area contributed by atoms with Crippen molar-refractivity contribution in [2.75, 3.05) is 45.4 Å². The van der Waals surface area contributed by atoms with Crippen LogP contribution in [0.3, 0.4) is 0 Å². The van der Waals surface area contributed by atoms with Crippen molar-refractivity contribution >= 4 is 15.6 Å². The lowest BCUT2D eigenvalue weighted by Crippen LogP contribution is -2.45. The van der Waals surface area contributed by atoms with Crippen LogP contribution < -0.4 is 9.47 Å². The van der Waals surface area contributed by atoms with E-state index in [9.17, 15) is 18.3 Å². The third-order valence-corrected chi connectivity index (χ3v) is 6.18. The molecular weight excluding hydrogens is 362 g/mol. The first-order valence-corrected chi connectivity index (χ1v) is 10.1. The molecule has 2 atom stereocenters. The molecule has 1 aromatic rings. The van der Waals surface area contributed by atoms with E-state index in [1.165, 1.54) is 14.2 Å². The average Bonchev–Trinajstić information content (AvgIpc) is 2.99. The molecule has 0 radical (unpaired) electrons. The zero-order valence-corrected chi connectivity index (χ0v) is 15.7. The minimum absolute atomic E-state index is 0.0235. The van der Waals surface area contributed by atoms with Crippen LogP contribution in [0.5, 0.6) is 11.5 Å². The number of ether oxygens (including phenoxy) is 2. The third-order valence-electron chi connectivity index (χ3n) is 4.43. The van der Waals surface area contributed by atoms with Crippen LogP contribution in [0.15, 0.2) is 18.2 Å². The van der Waals surface area contributed by atoms with E-state index in [0.29, 0.717) is 23.5 Å². The first-order valence-electron chi connectivity index (χ1n) is 8.28. The lowest BCUT2D eigenvalue weighted by Gasteiger charge is -2.29. The number of Topliss-reactive ketones (excluding diaryl/α,β-unsaturated/α-hetero) is 1. The minimum Gasteiger partial charge on any atom is -0.493 e. The lowest BCUT2D eigenvalue weighted by molar-refractivity contribution is 0.0459. The Balaban J connectivity index is 2.17. The Labute approximate surface area is 153 Å². The van der Waals surface area contributed by atoms with Gasteiger partial charge in [-0.05, 0) is 24.6 Å². The van der Waals surface area contributed by atoms with E-state index in [2.05, 4.69) is 0 Å². The molecule has 1 saturated heterocycles. The molecular formula is C17H25NO7S. The van der Waals surface area contributed by atoms with Gasteiger partial charge in [0, 0.05) is 18.2 Å². The Kier molecular flexibility index (Phi) is 6.99. The van der Waals surface area contributed by atoms with Gasteiger partial charge in [0.15, 0.2) is 27.1 Å². The van der Waals surface area contributed by atoms with E-state index < -0.39 is 22.5 Å². The molecule has 1 heterocycles. The Morgan fingerprint density at radius 2 is 2.00 bits per heavy atom. The summed E-state index contributed by atoms with van der Waals surface area (Å²) in [6.07, 6.45) is -0.642. The van der Waals surface area contributed by atoms with Crippen LogP contribution in [0.25, 0.3) is 0 Å². The van der Waals surface area contributed by atoms with Crippen LogP contribution in [0.4, 0.5) is 0 Å². The number of aliphatic hydroxyl groups excluding tert-OH is 2. The molecule has 0 aliphatic carbocycles. The summed E-state index contributed by atoms with van der Waals surface area (Å²) < 4.78 is 33.9. The first kappa shape index (κ1) is 20.6. The van der Waals surface area contributed by atoms with Crippen molar-refractivity contribution in [2.24, 2.45) is 0 Å². The fraction of sp³-hybridized carbons (Fsp3) is 0.588. The first-order chi connectivity index (χ1) is 12.3. The molecule has 1 aliphatic heterocycles. The molecule has 9 heteroatoms. The molecule has 2 rings (SSSR count). The van der Waals surface area contributed by atoms with Gasteiger partial charge < -0.3 is 19.7 Å². The number of carbonyl (C=O) groups is 1. The molecule has 0 aromatic heterocycles. The van der Waals surface area contributed by atoms with Crippen LogP contribution >= 0.6 is 0 Å². The zero-order chi connectivity index (χ0) is 19.3. The van der Waals surface area contributed by atoms with E-state index in [1.54, 1.807) is 23.1 Å². The highest BCUT2D eigenvalue weighted by atomic mass is 32.2. The Hall–Kier alpha value is -1.68. The van der Waals surface area contributed by atoms with Crippen molar-refractivity contribution in [3.05, 3.63) is 23.8 Å². The number of methoxy groups -OCH3 is 2. The van der Waals surface area contributed by atoms with Crippen molar-refractivity contribution in [1.29, 1.82) is 0 Å². The van der Waals surface area contributed by atoms with Crippen LogP contribution in [0.2, 0.25) is 0 Å². The fourth-order valence-electron chi connectivity index (χ4n) is 3.02. The summed E-state index contributed by atoms with van der Waals surface area (Å²) in [5.74, 6) is 0.695. The van der Waals surface area contributed by atoms with Gasteiger partial charge in [0.25, 0.3) is 0 Å². The Bertz CT molecular complexity index is 735. The highest BCUT2D eigenvalue weighted by Gasteiger charge is 2.34. The fourth-order valence-corrected chi connectivity index (χ4v) is 4.78. The number of nitrogens with zero attached hydrogens (tertiary/aromatic N) is 1. The SMILES string of the molecule is COc1ccc(C(=O)CN(C[C@@H](O)CO)[C@@H]2CCS(=O)(=O)C2)cc1OC. The smallest absolute Gasteiger partial charge is 0.176 e. The molecule has 2 N–H and O–H groups in total. The molecule has 1 aliphatic rings. The second-order valence-electron chi connectivity index (χ2n) is 6.32. The maximum Gasteiger partial charge on any atom is 0.176 e. The number of carbonyl (C=O) groups excluding carboxylic acids is 1. The maximum absolute atomic E-state index is 12.7. The lowest BCUT2D eigenvalue weighted by atomic mass is 10.1. The summed E-state index contributed by atoms with van der Waals surface area (Å²) in [6.45, 7) is -0.497. The van der Waals surface area contributed by atoms with Gasteiger partial charge in [-0.25, -0.2) is 8.42 Å². The summed E-state index contributed by atoms with van der Waals surface area (Å²) in [4.78, 5) is 14.3. The molecule has 1 aromatic carbocycles. The summed E-state index contributed by atoms with van der Waals surface area (Å²) in [5, 5.41) is 18.9. The number of hydrogen-bond acceptors (Lipinski definition) is 8. The summed E-state index contributed by atoms with van der Waals surface area (Å²) in [6, 6.07) is 4.44. The van der Waals surface area contributed by atoms with E-state index in [1.807, 2.05) is 0 Å². The Morgan fingerprint density at radius 3 is 2.54 bits per heavy atom. The number of sulfone groups is 1. The quantitative estimate of drug-likeness (QED) is 0.557. The molecule has 0 saturated carbocycles. The van der Waals surface area contributed by atoms with Gasteiger partial charge in [0.05, 0.1) is 45.0 Å². The monoisotopic (exact) mass is 387 g/mol. The van der Waals surface area contributed by atoms with Gasteiger partial charge in [-0.15, -0.1) is 0 Å². The van der Waals surface area contributed by atoms with Crippen molar-refractivity contribution in [3.63, 3.8) is 0 Å². The topological polar surface area (TPSA) is 113 Å². The van der Waals surface area contributed by atoms with Gasteiger partial charge in [-0.1, -0.05) is 0 Å². The van der Waals surface area contributed by atoms with Crippen LogP contribution in [-0.2, 0) is 9.84 Å². The highest BCUT2D eigenvalue weighted by Crippen LogP contribution is 2.28. The number of benzene rings is 1. The largest absolute Gasteiger partial charge is 0.493 e. The van der Waals surface area contributed by atoms with Crippen molar-refractivity contribution < 1.29 is 32.9 Å². The highest BCUT2D eigenvalue weighted by molar-refractivity contribution is 7.91. The van der Waals surface area contributed by atoms with Crippen LogP contribution in [-0.4, -0.2) is 86.9 Å². The number of ketones is 1. The maximum atomic E-state index is 12.7. The minimum atomic E-state index is -3.14. The van der Waals surface area contributed by atoms with Gasteiger partial charge >= 0.3 is 0 Å². The third kappa shape index (κ3) is 5.16. The van der Waals surface area contributed by atoms with E-state index in [0.717, 1.165) is 0 Å². The molecule has 0 unspecified atom stereocenters. The summed E-state index contributed by atoms with van der Waals surface area (Å²) >= 11 is 0. The van der Waals surface area contributed by atoms with Crippen molar-refractivity contribution in [1.82, 2.24) is 4.90 Å².